The average molecular weight is 350 g/mol. The summed E-state index contributed by atoms with van der Waals surface area (Å²) in [6.45, 7) is 0. The number of sulfonamides is 1. The number of fused-ring (bicyclic) bond motifs is 1. The zero-order valence-corrected chi connectivity index (χ0v) is 13.5. The van der Waals surface area contributed by atoms with Crippen molar-refractivity contribution >= 4 is 33.2 Å². The molecule has 1 aliphatic carbocycles. The summed E-state index contributed by atoms with van der Waals surface area (Å²) in [5.41, 5.74) is 6.16. The summed E-state index contributed by atoms with van der Waals surface area (Å²) in [6.07, 6.45) is 2.56. The van der Waals surface area contributed by atoms with E-state index in [-0.39, 0.29) is 22.2 Å². The molecular formula is C13H17Cl2N3O2S. The van der Waals surface area contributed by atoms with E-state index in [2.05, 4.69) is 15.6 Å². The Balaban J connectivity index is 1.78. The molecule has 1 aromatic rings. The smallest absolute Gasteiger partial charge is 0.241 e. The van der Waals surface area contributed by atoms with E-state index in [1.165, 1.54) is 12.1 Å². The predicted molar refractivity (Wildman–Crippen MR) is 82.6 cm³/mol. The number of nitrogens with one attached hydrogen (secondary N) is 3. The summed E-state index contributed by atoms with van der Waals surface area (Å²) in [5, 5.41) is 0.465. The van der Waals surface area contributed by atoms with Crippen LogP contribution in [0.25, 0.3) is 0 Å². The number of hydrogen-bond donors (Lipinski definition) is 3. The minimum Gasteiger partial charge on any atom is -0.253 e. The van der Waals surface area contributed by atoms with E-state index in [0.29, 0.717) is 5.02 Å². The van der Waals surface area contributed by atoms with Crippen molar-refractivity contribution in [2.75, 3.05) is 0 Å². The molecule has 2 fully saturated rings. The van der Waals surface area contributed by atoms with Gasteiger partial charge in [-0.1, -0.05) is 18.0 Å². The highest BCUT2D eigenvalue weighted by Gasteiger charge is 2.44. The quantitative estimate of drug-likeness (QED) is 0.728. The SMILES string of the molecule is O=S(=O)(NC1NNC2CCCC(Cl)C21)c1ccc(Cl)cc1. The van der Waals surface area contributed by atoms with Gasteiger partial charge in [0, 0.05) is 22.4 Å². The van der Waals surface area contributed by atoms with E-state index < -0.39 is 16.2 Å². The Morgan fingerprint density at radius 3 is 2.57 bits per heavy atom. The second kappa shape index (κ2) is 6.02. The van der Waals surface area contributed by atoms with Crippen molar-refractivity contribution in [1.82, 2.24) is 15.6 Å². The Kier molecular flexibility index (Phi) is 4.45. The van der Waals surface area contributed by atoms with E-state index in [4.69, 9.17) is 23.2 Å². The summed E-state index contributed by atoms with van der Waals surface area (Å²) in [7, 11) is -3.60. The molecule has 1 heterocycles. The first kappa shape index (κ1) is 15.5. The molecule has 3 rings (SSSR count). The first-order valence-electron chi connectivity index (χ1n) is 6.90. The van der Waals surface area contributed by atoms with Crippen molar-refractivity contribution in [3.05, 3.63) is 29.3 Å². The van der Waals surface area contributed by atoms with E-state index in [9.17, 15) is 8.42 Å². The van der Waals surface area contributed by atoms with Crippen molar-refractivity contribution < 1.29 is 8.42 Å². The molecule has 21 heavy (non-hydrogen) atoms. The molecule has 4 unspecified atom stereocenters. The van der Waals surface area contributed by atoms with Crippen LogP contribution in [-0.4, -0.2) is 26.0 Å². The maximum Gasteiger partial charge on any atom is 0.241 e. The standard InChI is InChI=1S/C13H17Cl2N3O2S/c14-8-4-6-9(7-5-8)21(19,20)18-13-12-10(15)2-1-3-11(12)16-17-13/h4-7,10-13,16-18H,1-3H2. The van der Waals surface area contributed by atoms with Gasteiger partial charge in [0.25, 0.3) is 0 Å². The summed E-state index contributed by atoms with van der Waals surface area (Å²) in [6, 6.07) is 6.31. The fourth-order valence-electron chi connectivity index (χ4n) is 3.03. The van der Waals surface area contributed by atoms with E-state index in [1.807, 2.05) is 0 Å². The van der Waals surface area contributed by atoms with Gasteiger partial charge in [-0.25, -0.2) is 13.8 Å². The highest BCUT2D eigenvalue weighted by Crippen LogP contribution is 2.33. The second-order valence-electron chi connectivity index (χ2n) is 5.47. The molecule has 1 aromatic carbocycles. The van der Waals surface area contributed by atoms with Crippen LogP contribution in [0.2, 0.25) is 5.02 Å². The molecule has 0 spiro atoms. The number of halogens is 2. The Morgan fingerprint density at radius 1 is 1.14 bits per heavy atom. The molecule has 8 heteroatoms. The Labute approximate surface area is 134 Å². The normalized spacial score (nSPS) is 32.9. The maximum atomic E-state index is 12.4. The third kappa shape index (κ3) is 3.21. The summed E-state index contributed by atoms with van der Waals surface area (Å²) in [4.78, 5) is 0.194. The number of benzene rings is 1. The largest absolute Gasteiger partial charge is 0.253 e. The molecule has 5 nitrogen and oxygen atoms in total. The highest BCUT2D eigenvalue weighted by molar-refractivity contribution is 7.89. The van der Waals surface area contributed by atoms with Gasteiger partial charge in [0.05, 0.1) is 11.1 Å². The third-order valence-corrected chi connectivity index (χ3v) is 6.31. The van der Waals surface area contributed by atoms with Crippen molar-refractivity contribution in [2.24, 2.45) is 5.92 Å². The van der Waals surface area contributed by atoms with E-state index in [1.54, 1.807) is 12.1 Å². The van der Waals surface area contributed by atoms with Crippen molar-refractivity contribution in [3.8, 4) is 0 Å². The molecule has 0 bridgehead atoms. The molecule has 3 N–H and O–H groups in total. The van der Waals surface area contributed by atoms with Gasteiger partial charge in [0.1, 0.15) is 0 Å². The van der Waals surface area contributed by atoms with E-state index >= 15 is 0 Å². The highest BCUT2D eigenvalue weighted by atomic mass is 35.5. The van der Waals surface area contributed by atoms with Crippen LogP contribution in [0.1, 0.15) is 19.3 Å². The predicted octanol–water partition coefficient (Wildman–Crippen LogP) is 1.83. The minimum atomic E-state index is -3.60. The lowest BCUT2D eigenvalue weighted by Gasteiger charge is -2.31. The lowest BCUT2D eigenvalue weighted by Crippen LogP contribution is -2.49. The van der Waals surface area contributed by atoms with Gasteiger partial charge in [0.2, 0.25) is 10.0 Å². The van der Waals surface area contributed by atoms with Gasteiger partial charge in [-0.2, -0.15) is 4.72 Å². The number of hydrogen-bond acceptors (Lipinski definition) is 4. The third-order valence-electron chi connectivity index (χ3n) is 4.09. The Morgan fingerprint density at radius 2 is 1.86 bits per heavy atom. The lowest BCUT2D eigenvalue weighted by molar-refractivity contribution is 0.305. The number of rotatable bonds is 3. The van der Waals surface area contributed by atoms with Crippen molar-refractivity contribution in [3.63, 3.8) is 0 Å². The molecule has 0 amide bonds. The average Bonchev–Trinajstić information content (AvgIpc) is 2.83. The van der Waals surface area contributed by atoms with Gasteiger partial charge in [-0.05, 0) is 37.1 Å². The zero-order chi connectivity index (χ0) is 15.0. The number of alkyl halides is 1. The molecule has 4 atom stereocenters. The fraction of sp³-hybridized carbons (Fsp3) is 0.538. The van der Waals surface area contributed by atoms with Crippen LogP contribution in [0.5, 0.6) is 0 Å². The van der Waals surface area contributed by atoms with Gasteiger partial charge < -0.3 is 0 Å². The zero-order valence-electron chi connectivity index (χ0n) is 11.2. The monoisotopic (exact) mass is 349 g/mol. The van der Waals surface area contributed by atoms with E-state index in [0.717, 1.165) is 19.3 Å². The lowest BCUT2D eigenvalue weighted by atomic mass is 9.84. The Hall–Kier alpha value is -0.370. The molecule has 116 valence electrons. The van der Waals surface area contributed by atoms with Crippen LogP contribution in [0.3, 0.4) is 0 Å². The number of hydrazine groups is 1. The van der Waals surface area contributed by atoms with Gasteiger partial charge in [-0.3, -0.25) is 5.43 Å². The molecule has 1 saturated carbocycles. The van der Waals surface area contributed by atoms with Gasteiger partial charge in [0.15, 0.2) is 0 Å². The van der Waals surface area contributed by atoms with Gasteiger partial charge >= 0.3 is 0 Å². The van der Waals surface area contributed by atoms with Gasteiger partial charge in [-0.15, -0.1) is 11.6 Å². The van der Waals surface area contributed by atoms with Crippen LogP contribution in [-0.2, 0) is 10.0 Å². The van der Waals surface area contributed by atoms with Crippen LogP contribution in [0.4, 0.5) is 0 Å². The summed E-state index contributed by atoms with van der Waals surface area (Å²) < 4.78 is 27.5. The topological polar surface area (TPSA) is 70.2 Å². The van der Waals surface area contributed by atoms with Crippen LogP contribution < -0.4 is 15.6 Å². The molecule has 1 aliphatic heterocycles. The molecule has 0 aromatic heterocycles. The van der Waals surface area contributed by atoms with Crippen LogP contribution in [0.15, 0.2) is 29.2 Å². The van der Waals surface area contributed by atoms with Crippen molar-refractivity contribution in [2.45, 2.75) is 41.7 Å². The summed E-state index contributed by atoms with van der Waals surface area (Å²) >= 11 is 12.2. The van der Waals surface area contributed by atoms with Crippen molar-refractivity contribution in [1.29, 1.82) is 0 Å². The van der Waals surface area contributed by atoms with Crippen LogP contribution >= 0.6 is 23.2 Å². The minimum absolute atomic E-state index is 0.0378. The Bertz CT molecular complexity index is 608. The first-order chi connectivity index (χ1) is 9.97. The molecule has 0 radical (unpaired) electrons. The fourth-order valence-corrected chi connectivity index (χ4v) is 4.81. The first-order valence-corrected chi connectivity index (χ1v) is 9.20. The molecular weight excluding hydrogens is 333 g/mol. The van der Waals surface area contributed by atoms with Crippen LogP contribution in [0, 0.1) is 5.92 Å². The summed E-state index contributed by atoms with van der Waals surface area (Å²) in [5.74, 6) is 0.0440. The molecule has 2 aliphatic rings. The maximum absolute atomic E-state index is 12.4. The molecule has 1 saturated heterocycles. The second-order valence-corrected chi connectivity index (χ2v) is 8.18.